The second-order valence-electron chi connectivity index (χ2n) is 5.33. The molecule has 3 nitrogen and oxygen atoms in total. The summed E-state index contributed by atoms with van der Waals surface area (Å²) < 4.78 is 2.07. The summed E-state index contributed by atoms with van der Waals surface area (Å²) >= 11 is 6.04. The fourth-order valence-corrected chi connectivity index (χ4v) is 3.01. The molecule has 0 aliphatic heterocycles. The number of nitrogens with one attached hydrogen (secondary N) is 1. The van der Waals surface area contributed by atoms with Crippen molar-refractivity contribution < 1.29 is 0 Å². The Bertz CT molecular complexity index is 589. The standard InChI is InChI=1S/C16H22ClN3/c1-11(9-18-4)16-12(2)19-20(13(16)3)10-14-6-5-7-15(17)8-14/h5-8,11,18H,9-10H2,1-4H3. The molecule has 0 bridgehead atoms. The minimum atomic E-state index is 0.466. The molecule has 0 aliphatic rings. The number of aromatic nitrogens is 2. The molecule has 20 heavy (non-hydrogen) atoms. The Hall–Kier alpha value is -1.32. The van der Waals surface area contributed by atoms with E-state index in [0.717, 1.165) is 23.8 Å². The van der Waals surface area contributed by atoms with Crippen LogP contribution in [0, 0.1) is 13.8 Å². The van der Waals surface area contributed by atoms with Crippen molar-refractivity contribution in [3.63, 3.8) is 0 Å². The van der Waals surface area contributed by atoms with E-state index in [1.54, 1.807) is 0 Å². The van der Waals surface area contributed by atoms with Gasteiger partial charge in [-0.3, -0.25) is 4.68 Å². The molecule has 0 radical (unpaired) electrons. The van der Waals surface area contributed by atoms with Gasteiger partial charge in [-0.1, -0.05) is 30.7 Å². The van der Waals surface area contributed by atoms with Crippen molar-refractivity contribution >= 4 is 11.6 Å². The summed E-state index contributed by atoms with van der Waals surface area (Å²) in [6.45, 7) is 8.19. The Morgan fingerprint density at radius 3 is 2.75 bits per heavy atom. The van der Waals surface area contributed by atoms with E-state index in [1.165, 1.54) is 16.8 Å². The summed E-state index contributed by atoms with van der Waals surface area (Å²) in [5.74, 6) is 0.466. The van der Waals surface area contributed by atoms with Crippen molar-refractivity contribution in [2.45, 2.75) is 33.2 Å². The third-order valence-corrected chi connectivity index (χ3v) is 3.90. The average Bonchev–Trinajstić information content (AvgIpc) is 2.65. The minimum absolute atomic E-state index is 0.466. The van der Waals surface area contributed by atoms with Crippen LogP contribution >= 0.6 is 11.6 Å². The first-order valence-corrected chi connectivity index (χ1v) is 7.33. The van der Waals surface area contributed by atoms with Crippen LogP contribution in [0.3, 0.4) is 0 Å². The molecule has 0 aliphatic carbocycles. The van der Waals surface area contributed by atoms with Crippen molar-refractivity contribution in [2.24, 2.45) is 0 Å². The summed E-state index contributed by atoms with van der Waals surface area (Å²) in [5, 5.41) is 8.69. The van der Waals surface area contributed by atoms with Gasteiger partial charge in [0.25, 0.3) is 0 Å². The fraction of sp³-hybridized carbons (Fsp3) is 0.438. The Kier molecular flexibility index (Phi) is 4.84. The predicted octanol–water partition coefficient (Wildman–Crippen LogP) is 3.52. The first kappa shape index (κ1) is 15.1. The molecule has 108 valence electrons. The van der Waals surface area contributed by atoms with Crippen LogP contribution in [-0.2, 0) is 6.54 Å². The van der Waals surface area contributed by atoms with Gasteiger partial charge < -0.3 is 5.32 Å². The van der Waals surface area contributed by atoms with E-state index in [-0.39, 0.29) is 0 Å². The zero-order valence-corrected chi connectivity index (χ0v) is 13.3. The number of hydrogen-bond donors (Lipinski definition) is 1. The highest BCUT2D eigenvalue weighted by molar-refractivity contribution is 6.30. The summed E-state index contributed by atoms with van der Waals surface area (Å²) in [6, 6.07) is 7.95. The van der Waals surface area contributed by atoms with Crippen LogP contribution in [0.25, 0.3) is 0 Å². The lowest BCUT2D eigenvalue weighted by Gasteiger charge is -2.12. The molecule has 0 saturated heterocycles. The van der Waals surface area contributed by atoms with Crippen LogP contribution in [-0.4, -0.2) is 23.4 Å². The van der Waals surface area contributed by atoms with Crippen LogP contribution < -0.4 is 5.32 Å². The molecule has 1 unspecified atom stereocenters. The van der Waals surface area contributed by atoms with Gasteiger partial charge in [-0.15, -0.1) is 0 Å². The Balaban J connectivity index is 2.28. The summed E-state index contributed by atoms with van der Waals surface area (Å²) in [4.78, 5) is 0. The highest BCUT2D eigenvalue weighted by Crippen LogP contribution is 2.23. The lowest BCUT2D eigenvalue weighted by Crippen LogP contribution is -2.16. The molecule has 0 fully saturated rings. The molecule has 1 aromatic heterocycles. The molecule has 1 atom stereocenters. The van der Waals surface area contributed by atoms with Gasteiger partial charge in [-0.05, 0) is 44.5 Å². The van der Waals surface area contributed by atoms with Crippen LogP contribution in [0.4, 0.5) is 0 Å². The maximum atomic E-state index is 6.04. The molecule has 2 rings (SSSR count). The number of rotatable bonds is 5. The molecule has 1 aromatic carbocycles. The van der Waals surface area contributed by atoms with E-state index < -0.39 is 0 Å². The first-order chi connectivity index (χ1) is 9.52. The number of hydrogen-bond acceptors (Lipinski definition) is 2. The maximum Gasteiger partial charge on any atom is 0.0663 e. The van der Waals surface area contributed by atoms with Crippen molar-refractivity contribution in [1.29, 1.82) is 0 Å². The molecular formula is C16H22ClN3. The summed E-state index contributed by atoms with van der Waals surface area (Å²) in [6.07, 6.45) is 0. The lowest BCUT2D eigenvalue weighted by molar-refractivity contribution is 0.647. The quantitative estimate of drug-likeness (QED) is 0.913. The van der Waals surface area contributed by atoms with Gasteiger partial charge in [-0.2, -0.15) is 5.10 Å². The topological polar surface area (TPSA) is 29.9 Å². The number of likely N-dealkylation sites (N-methyl/N-ethyl adjacent to an activating group) is 1. The molecule has 4 heteroatoms. The monoisotopic (exact) mass is 291 g/mol. The smallest absolute Gasteiger partial charge is 0.0663 e. The van der Waals surface area contributed by atoms with Gasteiger partial charge in [-0.25, -0.2) is 0 Å². The van der Waals surface area contributed by atoms with Gasteiger partial charge in [0, 0.05) is 22.8 Å². The van der Waals surface area contributed by atoms with Gasteiger partial charge in [0.2, 0.25) is 0 Å². The third kappa shape index (κ3) is 3.22. The van der Waals surface area contributed by atoms with Crippen LogP contribution in [0.2, 0.25) is 5.02 Å². The largest absolute Gasteiger partial charge is 0.319 e. The normalized spacial score (nSPS) is 12.7. The van der Waals surface area contributed by atoms with Crippen LogP contribution in [0.15, 0.2) is 24.3 Å². The molecule has 0 saturated carbocycles. The van der Waals surface area contributed by atoms with E-state index in [4.69, 9.17) is 11.6 Å². The molecule has 2 aromatic rings. The maximum absolute atomic E-state index is 6.04. The first-order valence-electron chi connectivity index (χ1n) is 6.96. The van der Waals surface area contributed by atoms with Crippen LogP contribution in [0.1, 0.15) is 35.4 Å². The average molecular weight is 292 g/mol. The Morgan fingerprint density at radius 2 is 2.10 bits per heavy atom. The van der Waals surface area contributed by atoms with Crippen LogP contribution in [0.5, 0.6) is 0 Å². The highest BCUT2D eigenvalue weighted by Gasteiger charge is 2.17. The van der Waals surface area contributed by atoms with Crippen molar-refractivity contribution in [3.05, 3.63) is 51.8 Å². The lowest BCUT2D eigenvalue weighted by atomic mass is 9.99. The zero-order valence-electron chi connectivity index (χ0n) is 12.6. The predicted molar refractivity (Wildman–Crippen MR) is 84.6 cm³/mol. The van der Waals surface area contributed by atoms with Gasteiger partial charge >= 0.3 is 0 Å². The van der Waals surface area contributed by atoms with E-state index in [2.05, 4.69) is 41.9 Å². The fourth-order valence-electron chi connectivity index (χ4n) is 2.79. The minimum Gasteiger partial charge on any atom is -0.319 e. The zero-order chi connectivity index (χ0) is 14.7. The van der Waals surface area contributed by atoms with E-state index in [0.29, 0.717) is 5.92 Å². The summed E-state index contributed by atoms with van der Waals surface area (Å²) in [7, 11) is 1.98. The number of halogens is 1. The van der Waals surface area contributed by atoms with Gasteiger partial charge in [0.1, 0.15) is 0 Å². The van der Waals surface area contributed by atoms with E-state index in [9.17, 15) is 0 Å². The van der Waals surface area contributed by atoms with Crippen molar-refractivity contribution in [2.75, 3.05) is 13.6 Å². The number of nitrogens with zero attached hydrogens (tertiary/aromatic N) is 2. The summed E-state index contributed by atoms with van der Waals surface area (Å²) in [5.41, 5.74) is 4.88. The second-order valence-corrected chi connectivity index (χ2v) is 5.77. The Labute approximate surface area is 126 Å². The van der Waals surface area contributed by atoms with Gasteiger partial charge in [0.05, 0.1) is 12.2 Å². The molecule has 0 spiro atoms. The van der Waals surface area contributed by atoms with E-state index >= 15 is 0 Å². The highest BCUT2D eigenvalue weighted by atomic mass is 35.5. The molecule has 1 N–H and O–H groups in total. The number of benzene rings is 1. The third-order valence-electron chi connectivity index (χ3n) is 3.66. The van der Waals surface area contributed by atoms with E-state index in [1.807, 2.05) is 25.2 Å². The molecule has 1 heterocycles. The van der Waals surface area contributed by atoms with Crippen molar-refractivity contribution in [3.8, 4) is 0 Å². The van der Waals surface area contributed by atoms with Crippen molar-refractivity contribution in [1.82, 2.24) is 15.1 Å². The molecule has 0 amide bonds. The van der Waals surface area contributed by atoms with Gasteiger partial charge in [0.15, 0.2) is 0 Å². The second kappa shape index (κ2) is 6.42. The number of aryl methyl sites for hydroxylation is 1. The molecular weight excluding hydrogens is 270 g/mol. The Morgan fingerprint density at radius 1 is 1.35 bits per heavy atom. The SMILES string of the molecule is CNCC(C)c1c(C)nn(Cc2cccc(Cl)c2)c1C.